The van der Waals surface area contributed by atoms with Gasteiger partial charge in [0, 0.05) is 24.2 Å². The molecule has 9 heteroatoms. The molecule has 0 unspecified atom stereocenters. The van der Waals surface area contributed by atoms with E-state index in [1.54, 1.807) is 6.26 Å². The van der Waals surface area contributed by atoms with E-state index in [0.29, 0.717) is 25.2 Å². The number of furan rings is 1. The Morgan fingerprint density at radius 2 is 2.11 bits per heavy atom. The number of aromatic amines is 1. The summed E-state index contributed by atoms with van der Waals surface area (Å²) in [6.07, 6.45) is 4.81. The predicted molar refractivity (Wildman–Crippen MR) is 136 cm³/mol. The average Bonchev–Trinajstić information content (AvgIpc) is 3.64. The number of aromatic nitrogens is 5. The van der Waals surface area contributed by atoms with Gasteiger partial charge < -0.3 is 14.1 Å². The van der Waals surface area contributed by atoms with Crippen LogP contribution in [0, 0.1) is 5.92 Å². The molecule has 5 rings (SSSR count). The van der Waals surface area contributed by atoms with Gasteiger partial charge in [0.1, 0.15) is 5.76 Å². The summed E-state index contributed by atoms with van der Waals surface area (Å²) < 4.78 is 13.4. The number of nitrogens with one attached hydrogen (secondary N) is 1. The van der Waals surface area contributed by atoms with Gasteiger partial charge in [0.05, 0.1) is 31.5 Å². The van der Waals surface area contributed by atoms with Gasteiger partial charge in [0.2, 0.25) is 0 Å². The summed E-state index contributed by atoms with van der Waals surface area (Å²) in [7, 11) is 0. The zero-order valence-corrected chi connectivity index (χ0v) is 21.2. The van der Waals surface area contributed by atoms with Crippen LogP contribution >= 0.6 is 0 Å². The molecule has 0 saturated carbocycles. The topological polar surface area (TPSA) is 102 Å². The molecule has 9 nitrogen and oxygen atoms in total. The Bertz CT molecular complexity index is 1340. The van der Waals surface area contributed by atoms with Crippen LogP contribution in [0.4, 0.5) is 0 Å². The van der Waals surface area contributed by atoms with Crippen LogP contribution in [0.15, 0.2) is 51.9 Å². The van der Waals surface area contributed by atoms with Gasteiger partial charge in [0.25, 0.3) is 5.56 Å². The highest BCUT2D eigenvalue weighted by Gasteiger charge is 2.31. The fourth-order valence-electron chi connectivity index (χ4n) is 5.13. The van der Waals surface area contributed by atoms with Crippen LogP contribution in [0.25, 0.3) is 10.9 Å². The number of ether oxygens (including phenoxy) is 1. The van der Waals surface area contributed by atoms with Crippen molar-refractivity contribution in [2.24, 2.45) is 5.92 Å². The number of rotatable bonds is 10. The Labute approximate surface area is 210 Å². The number of aryl methyl sites for hydroxylation is 1. The molecule has 190 valence electrons. The smallest absolute Gasteiger partial charge is 0.252 e. The van der Waals surface area contributed by atoms with E-state index in [-0.39, 0.29) is 23.6 Å². The summed E-state index contributed by atoms with van der Waals surface area (Å²) >= 11 is 0. The summed E-state index contributed by atoms with van der Waals surface area (Å²) in [5, 5.41) is 13.8. The number of hydrogen-bond donors (Lipinski definition) is 1. The fourth-order valence-corrected chi connectivity index (χ4v) is 5.13. The largest absolute Gasteiger partial charge is 0.468 e. The van der Waals surface area contributed by atoms with Gasteiger partial charge in [-0.3, -0.25) is 9.69 Å². The second kappa shape index (κ2) is 10.8. The van der Waals surface area contributed by atoms with Gasteiger partial charge in [-0.25, -0.2) is 4.68 Å². The Morgan fingerprint density at radius 1 is 1.22 bits per heavy atom. The summed E-state index contributed by atoms with van der Waals surface area (Å²) in [6.45, 7) is 8.80. The monoisotopic (exact) mass is 490 g/mol. The summed E-state index contributed by atoms with van der Waals surface area (Å²) in [6, 6.07) is 11.9. The van der Waals surface area contributed by atoms with E-state index in [4.69, 9.17) is 9.15 Å². The lowest BCUT2D eigenvalue weighted by atomic mass is 10.00. The Kier molecular flexibility index (Phi) is 7.29. The molecule has 36 heavy (non-hydrogen) atoms. The van der Waals surface area contributed by atoms with Crippen LogP contribution in [0.3, 0.4) is 0 Å². The van der Waals surface area contributed by atoms with Crippen LogP contribution < -0.4 is 5.56 Å². The summed E-state index contributed by atoms with van der Waals surface area (Å²) in [5.41, 5.74) is 2.70. The molecular weight excluding hydrogens is 456 g/mol. The van der Waals surface area contributed by atoms with Crippen LogP contribution in [-0.4, -0.2) is 42.8 Å². The zero-order valence-electron chi connectivity index (χ0n) is 21.2. The van der Waals surface area contributed by atoms with E-state index in [9.17, 15) is 4.79 Å². The summed E-state index contributed by atoms with van der Waals surface area (Å²) in [4.78, 5) is 18.4. The van der Waals surface area contributed by atoms with Gasteiger partial charge in [-0.05, 0) is 76.9 Å². The molecule has 1 fully saturated rings. The van der Waals surface area contributed by atoms with Crippen molar-refractivity contribution in [1.82, 2.24) is 30.1 Å². The number of fused-ring (bicyclic) bond motifs is 1. The van der Waals surface area contributed by atoms with Gasteiger partial charge in [-0.2, -0.15) is 0 Å². The van der Waals surface area contributed by atoms with Crippen molar-refractivity contribution in [2.45, 2.75) is 71.8 Å². The quantitative estimate of drug-likeness (QED) is 0.355. The molecule has 1 saturated heterocycles. The van der Waals surface area contributed by atoms with E-state index in [1.165, 1.54) is 5.56 Å². The molecule has 1 aliphatic rings. The molecule has 0 radical (unpaired) electrons. The van der Waals surface area contributed by atoms with E-state index in [1.807, 2.05) is 28.9 Å². The maximum Gasteiger partial charge on any atom is 0.252 e. The highest BCUT2D eigenvalue weighted by atomic mass is 16.5. The molecule has 3 aromatic heterocycles. The number of tetrazole rings is 1. The van der Waals surface area contributed by atoms with Crippen molar-refractivity contribution in [1.29, 1.82) is 0 Å². The lowest BCUT2D eigenvalue weighted by Crippen LogP contribution is -2.35. The molecule has 1 aliphatic heterocycles. The normalized spacial score (nSPS) is 17.0. The third-order valence-electron chi connectivity index (χ3n) is 6.96. The number of hydrogen-bond acceptors (Lipinski definition) is 7. The molecule has 2 atom stereocenters. The lowest BCUT2D eigenvalue weighted by molar-refractivity contribution is 0.0836. The van der Waals surface area contributed by atoms with Crippen molar-refractivity contribution in [2.75, 3.05) is 6.61 Å². The minimum absolute atomic E-state index is 0.0855. The van der Waals surface area contributed by atoms with Crippen LogP contribution in [0.5, 0.6) is 0 Å². The summed E-state index contributed by atoms with van der Waals surface area (Å²) in [5.74, 6) is 1.78. The van der Waals surface area contributed by atoms with Crippen LogP contribution in [0.2, 0.25) is 0 Å². The molecule has 4 heterocycles. The van der Waals surface area contributed by atoms with Crippen molar-refractivity contribution in [3.05, 3.63) is 75.7 Å². The second-order valence-corrected chi connectivity index (χ2v) is 9.93. The van der Waals surface area contributed by atoms with Gasteiger partial charge in [-0.1, -0.05) is 26.8 Å². The van der Waals surface area contributed by atoms with E-state index >= 15 is 0 Å². The first-order valence-electron chi connectivity index (χ1n) is 12.8. The molecule has 1 aromatic carbocycles. The van der Waals surface area contributed by atoms with Crippen molar-refractivity contribution < 1.29 is 9.15 Å². The van der Waals surface area contributed by atoms with Gasteiger partial charge >= 0.3 is 0 Å². The van der Waals surface area contributed by atoms with Crippen molar-refractivity contribution in [3.63, 3.8) is 0 Å². The minimum atomic E-state index is -0.136. The predicted octanol–water partition coefficient (Wildman–Crippen LogP) is 4.25. The Morgan fingerprint density at radius 3 is 2.83 bits per heavy atom. The molecular formula is C27H34N6O3. The average molecular weight is 491 g/mol. The number of nitrogens with zero attached hydrogens (tertiary/aromatic N) is 5. The maximum absolute atomic E-state index is 13.1. The van der Waals surface area contributed by atoms with E-state index < -0.39 is 0 Å². The second-order valence-electron chi connectivity index (χ2n) is 9.93. The van der Waals surface area contributed by atoms with Gasteiger partial charge in [0.15, 0.2) is 5.82 Å². The standard InChI is InChI=1S/C27H34N6O3/c1-4-19-9-10-24-20(13-19)14-21(27(34)28-24)15-32(16-22-7-5-11-35-22)25(18(2)3)26-29-30-31-33(26)17-23-8-6-12-36-23/h5,7,9-11,13-14,18,23,25H,4,6,8,12,15-17H2,1-3H3,(H,28,34)/t23-,25-/m0/s1. The highest BCUT2D eigenvalue weighted by Crippen LogP contribution is 2.31. The molecule has 0 amide bonds. The van der Waals surface area contributed by atoms with Crippen LogP contribution in [-0.2, 0) is 30.8 Å². The first-order valence-corrected chi connectivity index (χ1v) is 12.8. The fraction of sp³-hybridized carbons (Fsp3) is 0.481. The highest BCUT2D eigenvalue weighted by molar-refractivity contribution is 5.79. The minimum Gasteiger partial charge on any atom is -0.468 e. The number of benzene rings is 1. The number of pyridine rings is 1. The van der Waals surface area contributed by atoms with Crippen molar-refractivity contribution >= 4 is 10.9 Å². The Balaban J connectivity index is 1.51. The maximum atomic E-state index is 13.1. The van der Waals surface area contributed by atoms with Crippen LogP contribution in [0.1, 0.15) is 62.4 Å². The van der Waals surface area contributed by atoms with Crippen molar-refractivity contribution in [3.8, 4) is 0 Å². The third-order valence-corrected chi connectivity index (χ3v) is 6.96. The molecule has 0 aliphatic carbocycles. The van der Waals surface area contributed by atoms with E-state index in [2.05, 4.69) is 58.3 Å². The lowest BCUT2D eigenvalue weighted by Gasteiger charge is -2.33. The molecule has 0 spiro atoms. The zero-order chi connectivity index (χ0) is 25.1. The number of H-pyrrole nitrogens is 1. The molecule has 1 N–H and O–H groups in total. The first kappa shape index (κ1) is 24.4. The Hall–Kier alpha value is -3.30. The third kappa shape index (κ3) is 5.27. The SMILES string of the molecule is CCc1ccc2[nH]c(=O)c(CN(Cc3ccco3)[C@H](c3nnnn3C[C@@H]3CCCO3)C(C)C)cc2c1. The van der Waals surface area contributed by atoms with Gasteiger partial charge in [-0.15, -0.1) is 5.10 Å². The van der Waals surface area contributed by atoms with E-state index in [0.717, 1.165) is 48.4 Å². The molecule has 4 aromatic rings. The molecule has 0 bridgehead atoms. The first-order chi connectivity index (χ1) is 17.5.